The predicted octanol–water partition coefficient (Wildman–Crippen LogP) is 8.49. The molecular weight excluding hydrogens is 642 g/mol. The van der Waals surface area contributed by atoms with Crippen LogP contribution in [0, 0.1) is 5.82 Å². The summed E-state index contributed by atoms with van der Waals surface area (Å²) in [6, 6.07) is 16.0. The zero-order valence-electron chi connectivity index (χ0n) is 25.7. The van der Waals surface area contributed by atoms with Gasteiger partial charge in [0.2, 0.25) is 5.95 Å². The van der Waals surface area contributed by atoms with E-state index in [1.54, 1.807) is 67.7 Å². The number of hydrogen-bond acceptors (Lipinski definition) is 7. The van der Waals surface area contributed by atoms with E-state index >= 15 is 0 Å². The smallest absolute Gasteiger partial charge is 0.229 e. The summed E-state index contributed by atoms with van der Waals surface area (Å²) in [5.41, 5.74) is 5.35. The average molecular weight is 678 g/mol. The van der Waals surface area contributed by atoms with Crippen LogP contribution in [0.2, 0.25) is 0 Å². The van der Waals surface area contributed by atoms with E-state index in [2.05, 4.69) is 57.4 Å². The minimum atomic E-state index is -2.78. The van der Waals surface area contributed by atoms with Gasteiger partial charge < -0.3 is 19.9 Å². The molecule has 0 aliphatic carbocycles. The number of hydrogen-bond donors (Lipinski definition) is 2. The maximum atomic E-state index is 14.6. The van der Waals surface area contributed by atoms with Crippen LogP contribution >= 0.6 is 23.1 Å². The Balaban J connectivity index is 1.53. The van der Waals surface area contributed by atoms with Gasteiger partial charge >= 0.3 is 0 Å². The van der Waals surface area contributed by atoms with Gasteiger partial charge in [-0.05, 0) is 81.7 Å². The summed E-state index contributed by atoms with van der Waals surface area (Å²) < 4.78 is 36.1. The fourth-order valence-electron chi connectivity index (χ4n) is 4.97. The molecule has 228 valence electrons. The highest BCUT2D eigenvalue weighted by Crippen LogP contribution is 2.42. The largest absolute Gasteiger partial charge is 0.495 e. The first kappa shape index (κ1) is 31.4. The summed E-state index contributed by atoms with van der Waals surface area (Å²) >= 11 is 3.55. The highest BCUT2D eigenvalue weighted by atomic mass is 79.9. The quantitative estimate of drug-likeness (QED) is 0.159. The van der Waals surface area contributed by atoms with Crippen LogP contribution in [-0.2, 0) is 17.0 Å². The number of halogens is 2. The van der Waals surface area contributed by atoms with Gasteiger partial charge in [0.25, 0.3) is 0 Å². The van der Waals surface area contributed by atoms with Crippen LogP contribution in [0.25, 0.3) is 22.3 Å². The van der Waals surface area contributed by atoms with E-state index in [9.17, 15) is 8.96 Å². The van der Waals surface area contributed by atoms with E-state index < -0.39 is 7.14 Å². The molecule has 44 heavy (non-hydrogen) atoms. The molecule has 0 aliphatic rings. The summed E-state index contributed by atoms with van der Waals surface area (Å²) in [7, 11) is 0.740. The maximum absolute atomic E-state index is 14.6. The first-order valence-corrected chi connectivity index (χ1v) is 17.4. The lowest BCUT2D eigenvalue weighted by atomic mass is 9.82. The minimum Gasteiger partial charge on any atom is -0.495 e. The average Bonchev–Trinajstić information content (AvgIpc) is 3.40. The second kappa shape index (κ2) is 12.2. The second-order valence-electron chi connectivity index (χ2n) is 12.0. The Hall–Kier alpha value is -4.01. The van der Waals surface area contributed by atoms with Gasteiger partial charge in [-0.3, -0.25) is 4.68 Å². The molecular formula is C33H35BrFN6O2P. The third-order valence-electron chi connectivity index (χ3n) is 7.17. The Morgan fingerprint density at radius 2 is 1.70 bits per heavy atom. The topological polar surface area (TPSA) is 94.0 Å². The lowest BCUT2D eigenvalue weighted by molar-refractivity contribution is 0.415. The zero-order valence-corrected chi connectivity index (χ0v) is 28.2. The van der Waals surface area contributed by atoms with E-state index in [0.717, 1.165) is 16.7 Å². The molecule has 2 N–H and O–H groups in total. The first-order chi connectivity index (χ1) is 20.7. The molecule has 5 aromatic rings. The molecule has 0 bridgehead atoms. The lowest BCUT2D eigenvalue weighted by Gasteiger charge is -2.25. The van der Waals surface area contributed by atoms with Gasteiger partial charge in [-0.1, -0.05) is 45.0 Å². The standard InChI is InChI=1S/C33H35BrFN6O2P/c1-33(2,3)24-16-29(43-5)28(15-23(24)21-17-37-41(4)19-21)39-32-36-18-25(34)31(40-32)38-27-13-12-20(14-30(27)44(6,7)42)22-10-8-9-11-26(22)35/h8-19H,1-7H3,(H2,36,38,39,40). The summed E-state index contributed by atoms with van der Waals surface area (Å²) in [5.74, 6) is 1.10. The highest BCUT2D eigenvalue weighted by Gasteiger charge is 2.24. The summed E-state index contributed by atoms with van der Waals surface area (Å²) in [6.07, 6.45) is 5.46. The molecule has 5 rings (SSSR count). The summed E-state index contributed by atoms with van der Waals surface area (Å²) in [6.45, 7) is 9.86. The molecule has 0 spiro atoms. The molecule has 2 aromatic heterocycles. The number of ether oxygens (including phenoxy) is 1. The van der Waals surface area contributed by atoms with E-state index in [0.29, 0.717) is 49.8 Å². The number of benzene rings is 3. The Kier molecular flexibility index (Phi) is 8.69. The van der Waals surface area contributed by atoms with Gasteiger partial charge in [0.05, 0.1) is 29.2 Å². The number of nitrogens with one attached hydrogen (secondary N) is 2. The molecule has 0 unspecified atom stereocenters. The van der Waals surface area contributed by atoms with E-state index in [1.807, 2.05) is 31.6 Å². The van der Waals surface area contributed by atoms with Crippen LogP contribution in [0.4, 0.5) is 27.5 Å². The molecule has 0 saturated heterocycles. The van der Waals surface area contributed by atoms with Crippen LogP contribution in [0.1, 0.15) is 26.3 Å². The van der Waals surface area contributed by atoms with Crippen molar-refractivity contribution in [3.63, 3.8) is 0 Å². The Morgan fingerprint density at radius 3 is 2.34 bits per heavy atom. The molecule has 0 aliphatic heterocycles. The van der Waals surface area contributed by atoms with Gasteiger partial charge in [0, 0.05) is 35.9 Å². The normalized spacial score (nSPS) is 11.8. The molecule has 0 fully saturated rings. The van der Waals surface area contributed by atoms with Gasteiger partial charge in [0.15, 0.2) is 0 Å². The van der Waals surface area contributed by atoms with Crippen LogP contribution in [-0.4, -0.2) is 40.2 Å². The van der Waals surface area contributed by atoms with Crippen molar-refractivity contribution in [1.82, 2.24) is 19.7 Å². The van der Waals surface area contributed by atoms with Crippen molar-refractivity contribution in [2.75, 3.05) is 31.1 Å². The Bertz CT molecular complexity index is 1900. The third kappa shape index (κ3) is 6.71. The number of nitrogens with zero attached hydrogens (tertiary/aromatic N) is 4. The van der Waals surface area contributed by atoms with Crippen molar-refractivity contribution in [3.05, 3.63) is 89.0 Å². The molecule has 0 amide bonds. The van der Waals surface area contributed by atoms with Crippen molar-refractivity contribution in [2.45, 2.75) is 26.2 Å². The second-order valence-corrected chi connectivity index (χ2v) is 16.0. The molecule has 0 saturated carbocycles. The van der Waals surface area contributed by atoms with Gasteiger partial charge in [0.1, 0.15) is 24.5 Å². The van der Waals surface area contributed by atoms with Crippen molar-refractivity contribution in [2.24, 2.45) is 7.05 Å². The Labute approximate surface area is 265 Å². The number of aryl methyl sites for hydroxylation is 1. The van der Waals surface area contributed by atoms with Crippen molar-refractivity contribution < 1.29 is 13.7 Å². The summed E-state index contributed by atoms with van der Waals surface area (Å²) in [5, 5.41) is 11.6. The van der Waals surface area contributed by atoms with Crippen LogP contribution in [0.3, 0.4) is 0 Å². The number of methoxy groups -OCH3 is 1. The molecule has 0 atom stereocenters. The first-order valence-electron chi connectivity index (χ1n) is 14.0. The monoisotopic (exact) mass is 676 g/mol. The third-order valence-corrected chi connectivity index (χ3v) is 9.28. The SMILES string of the molecule is COc1cc(C(C)(C)C)c(-c2cnn(C)c2)cc1Nc1ncc(Br)c(Nc2ccc(-c3ccccc3F)cc2P(C)(C)=O)n1. The lowest BCUT2D eigenvalue weighted by Crippen LogP contribution is -2.14. The van der Waals surface area contributed by atoms with Crippen LogP contribution in [0.5, 0.6) is 5.75 Å². The van der Waals surface area contributed by atoms with Gasteiger partial charge in [-0.2, -0.15) is 10.1 Å². The number of anilines is 4. The van der Waals surface area contributed by atoms with Crippen molar-refractivity contribution in [1.29, 1.82) is 0 Å². The molecule has 11 heteroatoms. The highest BCUT2D eigenvalue weighted by molar-refractivity contribution is 9.10. The minimum absolute atomic E-state index is 0.153. The number of rotatable bonds is 8. The van der Waals surface area contributed by atoms with E-state index in [1.165, 1.54) is 6.07 Å². The fraction of sp³-hybridized carbons (Fsp3) is 0.242. The van der Waals surface area contributed by atoms with Crippen molar-refractivity contribution in [3.8, 4) is 28.0 Å². The van der Waals surface area contributed by atoms with E-state index in [-0.39, 0.29) is 11.2 Å². The summed E-state index contributed by atoms with van der Waals surface area (Å²) in [4.78, 5) is 9.22. The Morgan fingerprint density at radius 1 is 0.955 bits per heavy atom. The molecule has 3 aromatic carbocycles. The molecule has 0 radical (unpaired) electrons. The van der Waals surface area contributed by atoms with Gasteiger partial charge in [-0.25, -0.2) is 9.37 Å². The maximum Gasteiger partial charge on any atom is 0.229 e. The number of aromatic nitrogens is 4. The van der Waals surface area contributed by atoms with Crippen LogP contribution in [0.15, 0.2) is 77.7 Å². The predicted molar refractivity (Wildman–Crippen MR) is 181 cm³/mol. The molecule has 8 nitrogen and oxygen atoms in total. The zero-order chi connectivity index (χ0) is 31.8. The van der Waals surface area contributed by atoms with E-state index in [4.69, 9.17) is 9.72 Å². The van der Waals surface area contributed by atoms with Gasteiger partial charge in [-0.15, -0.1) is 0 Å². The fourth-order valence-corrected chi connectivity index (χ4v) is 6.43. The van der Waals surface area contributed by atoms with Crippen LogP contribution < -0.4 is 20.7 Å². The van der Waals surface area contributed by atoms with Crippen molar-refractivity contribution >= 4 is 51.5 Å². The molecule has 2 heterocycles.